The minimum absolute atomic E-state index is 0.240. The second kappa shape index (κ2) is 5.83. The molecule has 0 heterocycles. The monoisotopic (exact) mass is 354 g/mol. The van der Waals surface area contributed by atoms with Crippen LogP contribution in [-0.2, 0) is 0 Å². The van der Waals surface area contributed by atoms with Gasteiger partial charge >= 0.3 is 0 Å². The van der Waals surface area contributed by atoms with Crippen LogP contribution in [0.25, 0.3) is 0 Å². The molecule has 0 saturated heterocycles. The van der Waals surface area contributed by atoms with Gasteiger partial charge < -0.3 is 0 Å². The summed E-state index contributed by atoms with van der Waals surface area (Å²) in [6.45, 7) is 2.16. The Morgan fingerprint density at radius 3 is 2.07 bits per heavy atom. The van der Waals surface area contributed by atoms with E-state index in [9.17, 15) is 0 Å². The van der Waals surface area contributed by atoms with E-state index in [1.165, 1.54) is 20.9 Å². The van der Waals surface area contributed by atoms with Gasteiger partial charge in [0.2, 0.25) is 0 Å². The van der Waals surface area contributed by atoms with Crippen LogP contribution < -0.4 is 0 Å². The van der Waals surface area contributed by atoms with Gasteiger partial charge in [-0.05, 0) is 42.7 Å². The van der Waals surface area contributed by atoms with E-state index in [0.29, 0.717) is 0 Å². The van der Waals surface area contributed by atoms with Crippen LogP contribution in [0.4, 0.5) is 0 Å². The van der Waals surface area contributed by atoms with Crippen molar-refractivity contribution in [2.45, 2.75) is 20.5 Å². The third-order valence-electron chi connectivity index (χ3n) is 1.98. The lowest BCUT2D eigenvalue weighted by atomic mass is 10.2. The van der Waals surface area contributed by atoms with Crippen LogP contribution >= 0.6 is 55.4 Å². The molecular weight excluding hydrogens is 344 g/mol. The molecule has 0 nitrogen and oxygen atoms in total. The predicted octanol–water partition coefficient (Wildman–Crippen LogP) is 5.23. The van der Waals surface area contributed by atoms with Gasteiger partial charge in [-0.2, -0.15) is 0 Å². The molecule has 4 heteroatoms. The summed E-state index contributed by atoms with van der Waals surface area (Å²) in [4.78, 5) is 2.68. The molecule has 0 fully saturated rings. The van der Waals surface area contributed by atoms with Crippen molar-refractivity contribution in [1.29, 1.82) is 0 Å². The average Bonchev–Trinajstić information content (AvgIpc) is 2.16. The molecule has 78 valence electrons. The topological polar surface area (TPSA) is 0 Å². The minimum Gasteiger partial charge on any atom is -0.129 e. The van der Waals surface area contributed by atoms with Crippen LogP contribution in [0.5, 0.6) is 0 Å². The molecule has 0 aliphatic heterocycles. The molecule has 0 aliphatic carbocycles. The zero-order chi connectivity index (χ0) is 10.7. The number of rotatable bonds is 3. The molecule has 0 saturated carbocycles. The van der Waals surface area contributed by atoms with E-state index in [2.05, 4.69) is 63.4 Å². The Labute approximate surface area is 111 Å². The molecule has 0 spiro atoms. The predicted molar refractivity (Wildman–Crippen MR) is 75.3 cm³/mol. The molecule has 0 N–H and O–H groups in total. The summed E-state index contributed by atoms with van der Waals surface area (Å²) < 4.78 is 0.240. The lowest BCUT2D eigenvalue weighted by Gasteiger charge is -2.12. The molecule has 1 rings (SSSR count). The van der Waals surface area contributed by atoms with Crippen molar-refractivity contribution >= 4 is 55.4 Å². The van der Waals surface area contributed by atoms with Gasteiger partial charge in [0, 0.05) is 9.79 Å². The van der Waals surface area contributed by atoms with E-state index in [1.807, 2.05) is 0 Å². The first-order valence-electron chi connectivity index (χ1n) is 4.10. The fraction of sp³-hybridized carbons (Fsp3) is 0.400. The number of benzene rings is 1. The van der Waals surface area contributed by atoms with E-state index in [1.54, 1.807) is 23.5 Å². The lowest BCUT2D eigenvalue weighted by Crippen LogP contribution is -1.89. The number of aryl methyl sites for hydroxylation is 1. The van der Waals surface area contributed by atoms with Crippen LogP contribution in [0, 0.1) is 6.92 Å². The van der Waals surface area contributed by atoms with Crippen molar-refractivity contribution in [3.63, 3.8) is 0 Å². The minimum atomic E-state index is 0.240. The van der Waals surface area contributed by atoms with E-state index >= 15 is 0 Å². The van der Waals surface area contributed by atoms with Gasteiger partial charge in [0.05, 0.1) is 3.74 Å². The first-order chi connectivity index (χ1) is 6.60. The summed E-state index contributed by atoms with van der Waals surface area (Å²) >= 11 is 10.7. The Bertz CT molecular complexity index is 324. The SMILES string of the molecule is CSc1cc(C(Br)Br)c(SC)cc1C. The quantitative estimate of drug-likeness (QED) is 0.538. The molecular formula is C10H12Br2S2. The van der Waals surface area contributed by atoms with Gasteiger partial charge in [0.15, 0.2) is 0 Å². The van der Waals surface area contributed by atoms with Gasteiger partial charge in [-0.1, -0.05) is 31.9 Å². The normalized spacial score (nSPS) is 11.0. The largest absolute Gasteiger partial charge is 0.129 e. The van der Waals surface area contributed by atoms with Crippen LogP contribution in [0.2, 0.25) is 0 Å². The number of alkyl halides is 2. The van der Waals surface area contributed by atoms with Gasteiger partial charge in [-0.15, -0.1) is 23.5 Å². The Kier molecular flexibility index (Phi) is 5.39. The van der Waals surface area contributed by atoms with E-state index < -0.39 is 0 Å². The van der Waals surface area contributed by atoms with Crippen molar-refractivity contribution < 1.29 is 0 Å². The van der Waals surface area contributed by atoms with Crippen LogP contribution in [0.15, 0.2) is 21.9 Å². The third-order valence-corrected chi connectivity index (χ3v) is 4.64. The Balaban J connectivity index is 3.25. The summed E-state index contributed by atoms with van der Waals surface area (Å²) in [6.07, 6.45) is 4.22. The maximum absolute atomic E-state index is 3.56. The lowest BCUT2D eigenvalue weighted by molar-refractivity contribution is 1.17. The first-order valence-corrected chi connectivity index (χ1v) is 8.39. The van der Waals surface area contributed by atoms with Crippen molar-refractivity contribution in [2.75, 3.05) is 12.5 Å². The molecule has 0 amide bonds. The standard InChI is InChI=1S/C10H12Br2S2/c1-6-4-9(14-3)7(10(11)12)5-8(6)13-2/h4-5,10H,1-3H3. The molecule has 0 aromatic heterocycles. The van der Waals surface area contributed by atoms with Crippen molar-refractivity contribution in [3.05, 3.63) is 23.3 Å². The molecule has 14 heavy (non-hydrogen) atoms. The van der Waals surface area contributed by atoms with Crippen LogP contribution in [-0.4, -0.2) is 12.5 Å². The third kappa shape index (κ3) is 2.94. The summed E-state index contributed by atoms with van der Waals surface area (Å²) in [5, 5.41) is 0. The van der Waals surface area contributed by atoms with E-state index in [0.717, 1.165) is 0 Å². The highest BCUT2D eigenvalue weighted by molar-refractivity contribution is 9.24. The highest BCUT2D eigenvalue weighted by Crippen LogP contribution is 2.38. The number of hydrogen-bond acceptors (Lipinski definition) is 2. The zero-order valence-corrected chi connectivity index (χ0v) is 13.1. The summed E-state index contributed by atoms with van der Waals surface area (Å²) in [6, 6.07) is 4.50. The molecule has 0 atom stereocenters. The molecule has 1 aromatic carbocycles. The van der Waals surface area contributed by atoms with Crippen LogP contribution in [0.1, 0.15) is 14.9 Å². The maximum Gasteiger partial charge on any atom is 0.0957 e. The van der Waals surface area contributed by atoms with Gasteiger partial charge in [0.1, 0.15) is 0 Å². The first kappa shape index (κ1) is 12.9. The summed E-state index contributed by atoms with van der Waals surface area (Å²) in [5.41, 5.74) is 2.67. The molecule has 1 aromatic rings. The van der Waals surface area contributed by atoms with Crippen molar-refractivity contribution in [2.24, 2.45) is 0 Å². The fourth-order valence-corrected chi connectivity index (χ4v) is 3.64. The van der Waals surface area contributed by atoms with E-state index in [4.69, 9.17) is 0 Å². The van der Waals surface area contributed by atoms with Gasteiger partial charge in [0.25, 0.3) is 0 Å². The molecule has 0 unspecified atom stereocenters. The average molecular weight is 356 g/mol. The van der Waals surface area contributed by atoms with Gasteiger partial charge in [-0.25, -0.2) is 0 Å². The molecule has 0 radical (unpaired) electrons. The highest BCUT2D eigenvalue weighted by Gasteiger charge is 2.11. The Morgan fingerprint density at radius 2 is 1.64 bits per heavy atom. The Hall–Kier alpha value is 0.880. The number of hydrogen-bond donors (Lipinski definition) is 0. The number of thioether (sulfide) groups is 2. The zero-order valence-electron chi connectivity index (χ0n) is 8.30. The summed E-state index contributed by atoms with van der Waals surface area (Å²) in [7, 11) is 0. The summed E-state index contributed by atoms with van der Waals surface area (Å²) in [5.74, 6) is 0. The van der Waals surface area contributed by atoms with Crippen LogP contribution in [0.3, 0.4) is 0 Å². The molecule has 0 bridgehead atoms. The van der Waals surface area contributed by atoms with E-state index in [-0.39, 0.29) is 3.74 Å². The van der Waals surface area contributed by atoms with Crippen molar-refractivity contribution in [1.82, 2.24) is 0 Å². The number of halogens is 2. The highest BCUT2D eigenvalue weighted by atomic mass is 79.9. The van der Waals surface area contributed by atoms with Crippen molar-refractivity contribution in [3.8, 4) is 0 Å². The second-order valence-electron chi connectivity index (χ2n) is 2.86. The maximum atomic E-state index is 3.56. The second-order valence-corrected chi connectivity index (χ2v) is 7.62. The smallest absolute Gasteiger partial charge is 0.0957 e. The fourth-order valence-electron chi connectivity index (χ4n) is 1.24. The molecule has 0 aliphatic rings. The van der Waals surface area contributed by atoms with Gasteiger partial charge in [-0.3, -0.25) is 0 Å². The Morgan fingerprint density at radius 1 is 1.07 bits per heavy atom.